The van der Waals surface area contributed by atoms with Crippen LogP contribution in [0.4, 0.5) is 16.6 Å². The number of rotatable bonds is 11. The van der Waals surface area contributed by atoms with Crippen molar-refractivity contribution in [1.82, 2.24) is 39.5 Å². The van der Waals surface area contributed by atoms with Crippen LogP contribution in [0.2, 0.25) is 0 Å². The summed E-state index contributed by atoms with van der Waals surface area (Å²) < 4.78 is 10.4. The maximum Gasteiger partial charge on any atom is 0.357 e. The molecule has 2 aromatic carbocycles. The highest BCUT2D eigenvalue weighted by molar-refractivity contribution is 5.90. The number of anilines is 2. The van der Waals surface area contributed by atoms with Gasteiger partial charge in [-0.25, -0.2) is 9.48 Å². The van der Waals surface area contributed by atoms with E-state index in [4.69, 9.17) is 14.7 Å². The highest BCUT2D eigenvalue weighted by Crippen LogP contribution is 2.39. The summed E-state index contributed by atoms with van der Waals surface area (Å²) in [6.07, 6.45) is 7.38. The molecule has 5 aromatic rings. The summed E-state index contributed by atoms with van der Waals surface area (Å²) in [6, 6.07) is 21.4. The number of ether oxygens (including phenoxy) is 1. The second kappa shape index (κ2) is 16.8. The predicted molar refractivity (Wildman–Crippen MR) is 223 cm³/mol. The van der Waals surface area contributed by atoms with Gasteiger partial charge in [0.15, 0.2) is 11.5 Å². The lowest BCUT2D eigenvalue weighted by Gasteiger charge is -2.34. The van der Waals surface area contributed by atoms with Gasteiger partial charge in [-0.1, -0.05) is 57.2 Å². The molecular formula is C44H56N10O4. The number of hydrogen-bond donors (Lipinski definition) is 1. The number of nitrogens with zero attached hydrogens (tertiary/aromatic N) is 9. The first kappa shape index (κ1) is 39.4. The second-order valence-electron chi connectivity index (χ2n) is 17.1. The van der Waals surface area contributed by atoms with Gasteiger partial charge in [0, 0.05) is 56.8 Å². The summed E-state index contributed by atoms with van der Waals surface area (Å²) in [6.45, 7) is 14.9. The summed E-state index contributed by atoms with van der Waals surface area (Å²) in [4.78, 5) is 39.0. The van der Waals surface area contributed by atoms with Crippen molar-refractivity contribution in [1.29, 1.82) is 0 Å². The molecule has 3 aromatic heterocycles. The monoisotopic (exact) mass is 788 g/mol. The minimum atomic E-state index is -0.573. The topological polar surface area (TPSA) is 126 Å². The molecule has 0 unspecified atom stereocenters. The number of piperidine rings is 1. The standard InChI is InChI=1S/C44H56N10O4/c1-31-11-8-9-21-51(31)42-47-46-40-19-16-34(29-52(40)42)58-38-18-17-37(35-14-6-7-15-36(35)38)45-43(56)54(57-30-55)41-28-39(44(2,3)4)48-53(41)33-13-10-12-32(27-33)20-22-50-25-23-49(5)24-26-50/h6-7,10,12-16,19,27-31,37-38H,8-9,11,17-18,20-26H2,1-5H3,(H,45,56)/t31-,37-,38+/m0/s1. The van der Waals surface area contributed by atoms with Gasteiger partial charge in [-0.2, -0.15) is 5.10 Å². The van der Waals surface area contributed by atoms with Crippen LogP contribution in [0.3, 0.4) is 0 Å². The fourth-order valence-electron chi connectivity index (χ4n) is 8.44. The first-order valence-corrected chi connectivity index (χ1v) is 20.7. The lowest BCUT2D eigenvalue weighted by Crippen LogP contribution is -2.45. The van der Waals surface area contributed by atoms with E-state index in [2.05, 4.69) is 83.2 Å². The van der Waals surface area contributed by atoms with Crippen molar-refractivity contribution in [2.24, 2.45) is 0 Å². The van der Waals surface area contributed by atoms with Crippen LogP contribution >= 0.6 is 0 Å². The van der Waals surface area contributed by atoms with Crippen LogP contribution in [0.1, 0.15) is 94.3 Å². The van der Waals surface area contributed by atoms with Crippen molar-refractivity contribution in [2.45, 2.75) is 89.8 Å². The number of nitrogens with one attached hydrogen (secondary N) is 1. The molecular weight excluding hydrogens is 733 g/mol. The highest BCUT2D eigenvalue weighted by Gasteiger charge is 2.34. The molecule has 0 bridgehead atoms. The van der Waals surface area contributed by atoms with Gasteiger partial charge in [-0.3, -0.25) is 9.20 Å². The Morgan fingerprint density at radius 2 is 1.74 bits per heavy atom. The van der Waals surface area contributed by atoms with Gasteiger partial charge in [0.05, 0.1) is 23.6 Å². The van der Waals surface area contributed by atoms with Crippen molar-refractivity contribution in [3.8, 4) is 11.4 Å². The van der Waals surface area contributed by atoms with E-state index in [9.17, 15) is 9.59 Å². The molecule has 0 spiro atoms. The largest absolute Gasteiger partial charge is 0.484 e. The molecule has 58 heavy (non-hydrogen) atoms. The second-order valence-corrected chi connectivity index (χ2v) is 17.1. The Kier molecular flexibility index (Phi) is 11.4. The van der Waals surface area contributed by atoms with Gasteiger partial charge >= 0.3 is 12.5 Å². The number of pyridine rings is 1. The predicted octanol–water partition coefficient (Wildman–Crippen LogP) is 6.64. The number of amides is 2. The van der Waals surface area contributed by atoms with E-state index >= 15 is 0 Å². The number of carbonyl (C=O) groups is 2. The lowest BCUT2D eigenvalue weighted by molar-refractivity contribution is -0.129. The Bertz CT molecular complexity index is 2220. The molecule has 0 radical (unpaired) electrons. The zero-order valence-electron chi connectivity index (χ0n) is 34.4. The van der Waals surface area contributed by atoms with E-state index in [1.807, 2.05) is 59.1 Å². The first-order chi connectivity index (χ1) is 28.1. The summed E-state index contributed by atoms with van der Waals surface area (Å²) in [5.74, 6) is 1.89. The van der Waals surface area contributed by atoms with Crippen molar-refractivity contribution < 1.29 is 19.2 Å². The van der Waals surface area contributed by atoms with Crippen LogP contribution in [0.15, 0.2) is 72.9 Å². The van der Waals surface area contributed by atoms with Crippen LogP contribution in [0.5, 0.6) is 5.75 Å². The average Bonchev–Trinajstić information content (AvgIpc) is 3.86. The number of urea groups is 1. The third-order valence-electron chi connectivity index (χ3n) is 11.9. The highest BCUT2D eigenvalue weighted by atomic mass is 16.7. The fourth-order valence-corrected chi connectivity index (χ4v) is 8.44. The quantitative estimate of drug-likeness (QED) is 0.115. The van der Waals surface area contributed by atoms with E-state index in [-0.39, 0.29) is 24.0 Å². The number of fused-ring (bicyclic) bond motifs is 2. The van der Waals surface area contributed by atoms with Crippen LogP contribution in [0, 0.1) is 0 Å². The molecule has 0 saturated carbocycles. The summed E-state index contributed by atoms with van der Waals surface area (Å²) >= 11 is 0. The van der Waals surface area contributed by atoms with Crippen molar-refractivity contribution >= 4 is 29.9 Å². The van der Waals surface area contributed by atoms with Gasteiger partial charge in [0.1, 0.15) is 11.9 Å². The summed E-state index contributed by atoms with van der Waals surface area (Å²) in [5.41, 5.74) is 5.07. The molecule has 2 fully saturated rings. The molecule has 5 heterocycles. The number of piperazine rings is 1. The van der Waals surface area contributed by atoms with Crippen LogP contribution in [-0.2, 0) is 21.5 Å². The van der Waals surface area contributed by atoms with E-state index in [1.54, 1.807) is 4.68 Å². The van der Waals surface area contributed by atoms with Crippen LogP contribution in [-0.4, -0.2) is 99.0 Å². The van der Waals surface area contributed by atoms with Gasteiger partial charge in [0.2, 0.25) is 5.95 Å². The van der Waals surface area contributed by atoms with E-state index < -0.39 is 6.03 Å². The average molecular weight is 789 g/mol. The summed E-state index contributed by atoms with van der Waals surface area (Å²) in [7, 11) is 2.17. The minimum absolute atomic E-state index is 0.239. The van der Waals surface area contributed by atoms with E-state index in [0.29, 0.717) is 24.7 Å². The molecule has 306 valence electrons. The van der Waals surface area contributed by atoms with E-state index in [0.717, 1.165) is 109 Å². The SMILES string of the molecule is C[C@H]1CCCCN1c1nnc2ccc(O[C@@H]3CC[C@H](NC(=O)N(OC=O)c4cc(C(C)(C)C)nn4-c4cccc(CCN5CCN(C)CC5)c4)c4ccccc43)cn12. The number of aromatic nitrogens is 5. The molecule has 2 saturated heterocycles. The molecule has 2 aliphatic heterocycles. The number of carbonyl (C=O) groups excluding carboxylic acids is 2. The molecule has 14 nitrogen and oxygen atoms in total. The summed E-state index contributed by atoms with van der Waals surface area (Å²) in [5, 5.41) is 18.2. The molecule has 1 N–H and O–H groups in total. The third kappa shape index (κ3) is 8.39. The molecule has 8 rings (SSSR count). The number of likely N-dealkylation sites (N-methyl/N-ethyl adjacent to an activating group) is 1. The molecule has 2 amide bonds. The minimum Gasteiger partial charge on any atom is -0.484 e. The van der Waals surface area contributed by atoms with Gasteiger partial charge in [0.25, 0.3) is 0 Å². The van der Waals surface area contributed by atoms with Gasteiger partial charge < -0.3 is 29.6 Å². The van der Waals surface area contributed by atoms with E-state index in [1.165, 1.54) is 6.42 Å². The Labute approximate surface area is 340 Å². The Hall–Kier alpha value is -5.47. The fraction of sp³-hybridized carbons (Fsp3) is 0.477. The van der Waals surface area contributed by atoms with Crippen molar-refractivity contribution in [2.75, 3.05) is 56.3 Å². The van der Waals surface area contributed by atoms with Crippen LogP contribution < -0.4 is 20.0 Å². The molecule has 1 aliphatic carbocycles. The number of hydrogen-bond acceptors (Lipinski definition) is 10. The lowest BCUT2D eigenvalue weighted by atomic mass is 9.85. The van der Waals surface area contributed by atoms with Crippen molar-refractivity contribution in [3.63, 3.8) is 0 Å². The zero-order chi connectivity index (χ0) is 40.4. The normalized spacial score (nSPS) is 20.4. The third-order valence-corrected chi connectivity index (χ3v) is 11.9. The smallest absolute Gasteiger partial charge is 0.357 e. The molecule has 3 aliphatic rings. The zero-order valence-corrected chi connectivity index (χ0v) is 34.4. The van der Waals surface area contributed by atoms with Gasteiger partial charge in [-0.15, -0.1) is 15.3 Å². The maximum absolute atomic E-state index is 14.3. The number of hydroxylamine groups is 1. The first-order valence-electron chi connectivity index (χ1n) is 20.7. The Morgan fingerprint density at radius 1 is 0.931 bits per heavy atom. The molecule has 14 heteroatoms. The van der Waals surface area contributed by atoms with Crippen molar-refractivity contribution in [3.05, 3.63) is 95.3 Å². The Morgan fingerprint density at radius 3 is 2.52 bits per heavy atom. The van der Waals surface area contributed by atoms with Crippen LogP contribution in [0.25, 0.3) is 11.3 Å². The molecule has 3 atom stereocenters. The van der Waals surface area contributed by atoms with Gasteiger partial charge in [-0.05, 0) is 93.5 Å². The Balaban J connectivity index is 1.02. The number of benzene rings is 2. The maximum atomic E-state index is 14.3.